The fourth-order valence-electron chi connectivity index (χ4n) is 1.90. The number of carbonyl (C=O) groups excluding carboxylic acids is 2. The van der Waals surface area contributed by atoms with Crippen LogP contribution in [0, 0.1) is 5.92 Å². The number of nitrogens with zero attached hydrogens (tertiary/aromatic N) is 1. The Balaban J connectivity index is 2.27. The van der Waals surface area contributed by atoms with Crippen LogP contribution in [-0.2, 0) is 7.86 Å². The molecular formula is C9H16AlIN2O3. The smallest absolute Gasteiger partial charge is 0.354 e. The molecule has 5 nitrogen and oxygen atoms in total. The summed E-state index contributed by atoms with van der Waals surface area (Å²) in [6, 6.07) is 0. The van der Waals surface area contributed by atoms with Crippen molar-refractivity contribution in [3.63, 3.8) is 0 Å². The molecule has 1 N–H and O–H groups in total. The molecule has 0 aromatic carbocycles. The van der Waals surface area contributed by atoms with Gasteiger partial charge in [0.1, 0.15) is 4.77 Å². The third kappa shape index (κ3) is 5.00. The standard InChI is InChI=1S/C9H14IN2O3.Al.2H/c10-15-9(14)8-2-1-4-12(6-8)5-3-11-7-13;;;/h8H,1-6H2,(H,11,13);;;. The number of nitrogens with one attached hydrogen (secondary N) is 1. The summed E-state index contributed by atoms with van der Waals surface area (Å²) in [4.78, 5) is 24.3. The van der Waals surface area contributed by atoms with E-state index in [0.717, 1.165) is 32.5 Å². The Morgan fingerprint density at radius 3 is 2.94 bits per heavy atom. The minimum Gasteiger partial charge on any atom is -0.394 e. The van der Waals surface area contributed by atoms with Gasteiger partial charge in [-0.1, -0.05) is 0 Å². The van der Waals surface area contributed by atoms with Gasteiger partial charge in [0, 0.05) is 19.6 Å². The number of likely N-dealkylation sites (tertiary alicyclic amines) is 1. The van der Waals surface area contributed by atoms with Gasteiger partial charge in [0.2, 0.25) is 0 Å². The monoisotopic (exact) mass is 354 g/mol. The molecule has 0 aromatic rings. The lowest BCUT2D eigenvalue weighted by molar-refractivity contribution is -0.137. The Labute approximate surface area is 117 Å². The van der Waals surface area contributed by atoms with Crippen molar-refractivity contribution in [3.05, 3.63) is 0 Å². The number of hydrogen-bond acceptors (Lipinski definition) is 4. The Morgan fingerprint density at radius 1 is 1.56 bits per heavy atom. The topological polar surface area (TPSA) is 58.6 Å². The van der Waals surface area contributed by atoms with E-state index >= 15 is 0 Å². The van der Waals surface area contributed by atoms with Gasteiger partial charge in [-0.15, -0.1) is 0 Å². The molecule has 1 rings (SSSR count). The molecule has 1 saturated heterocycles. The Bertz CT molecular complexity index is 265. The van der Waals surface area contributed by atoms with E-state index in [0.29, 0.717) is 22.8 Å². The second-order valence-corrected chi connectivity index (χ2v) is 5.37. The third-order valence-corrected chi connectivity index (χ3v) is 3.50. The zero-order chi connectivity index (χ0) is 12.0. The van der Waals surface area contributed by atoms with Crippen molar-refractivity contribution < 1.29 is 12.7 Å². The summed E-state index contributed by atoms with van der Waals surface area (Å²) >= 11 is 2.19. The lowest BCUT2D eigenvalue weighted by Gasteiger charge is -2.30. The number of carbonyl (C=O) groups is 2. The Hall–Kier alpha value is 0.162. The minimum absolute atomic E-state index is 0.00245. The molecule has 1 aliphatic heterocycles. The molecule has 1 aliphatic rings. The van der Waals surface area contributed by atoms with Crippen molar-refractivity contribution in [1.82, 2.24) is 10.2 Å². The maximum absolute atomic E-state index is 11.4. The second-order valence-electron chi connectivity index (χ2n) is 4.02. The first kappa shape index (κ1) is 14.2. The summed E-state index contributed by atoms with van der Waals surface area (Å²) in [6.07, 6.45) is 1.93. The van der Waals surface area contributed by atoms with Crippen molar-refractivity contribution >= 4 is 50.0 Å². The van der Waals surface area contributed by atoms with E-state index in [-0.39, 0.29) is 16.7 Å². The fourth-order valence-corrected chi connectivity index (χ4v) is 2.51. The quantitative estimate of drug-likeness (QED) is 0.568. The van der Waals surface area contributed by atoms with E-state index in [1.54, 1.807) is 23.0 Å². The predicted molar refractivity (Wildman–Crippen MR) is 71.2 cm³/mol. The molecule has 1 heterocycles. The highest BCUT2D eigenvalue weighted by Crippen LogP contribution is 2.18. The van der Waals surface area contributed by atoms with E-state index in [2.05, 4.69) is 10.2 Å². The van der Waals surface area contributed by atoms with E-state index in [1.807, 2.05) is 0 Å². The molecule has 16 heavy (non-hydrogen) atoms. The SMILES string of the molecule is O=[C]([AlH2])NCCN1CCCC(C(=O)OI)C1. The van der Waals surface area contributed by atoms with Gasteiger partial charge in [0.05, 0.1) is 5.92 Å². The van der Waals surface area contributed by atoms with Crippen LogP contribution in [0.15, 0.2) is 0 Å². The molecule has 0 spiro atoms. The maximum Gasteiger partial charge on any atom is 0.354 e. The van der Waals surface area contributed by atoms with Crippen LogP contribution >= 0.6 is 23.0 Å². The molecule has 7 heteroatoms. The van der Waals surface area contributed by atoms with Gasteiger partial charge in [0.15, 0.2) is 23.0 Å². The van der Waals surface area contributed by atoms with E-state index in [1.165, 1.54) is 0 Å². The van der Waals surface area contributed by atoms with Gasteiger partial charge in [-0.2, -0.15) is 0 Å². The maximum atomic E-state index is 11.4. The fraction of sp³-hybridized carbons (Fsp3) is 0.778. The highest BCUT2D eigenvalue weighted by atomic mass is 127. The normalized spacial score (nSPS) is 21.4. The van der Waals surface area contributed by atoms with Gasteiger partial charge in [-0.25, -0.2) is 0 Å². The first-order valence-corrected chi connectivity index (χ1v) is 7.30. The van der Waals surface area contributed by atoms with E-state index < -0.39 is 0 Å². The van der Waals surface area contributed by atoms with Crippen molar-refractivity contribution in [2.75, 3.05) is 26.2 Å². The van der Waals surface area contributed by atoms with Gasteiger partial charge in [0.25, 0.3) is 0 Å². The van der Waals surface area contributed by atoms with Crippen LogP contribution in [0.25, 0.3) is 0 Å². The third-order valence-electron chi connectivity index (χ3n) is 2.72. The molecule has 0 radical (unpaired) electrons. The van der Waals surface area contributed by atoms with Crippen molar-refractivity contribution in [1.29, 1.82) is 0 Å². The zero-order valence-corrected chi connectivity index (χ0v) is 13.5. The predicted octanol–water partition coefficient (Wildman–Crippen LogP) is -0.0657. The Morgan fingerprint density at radius 2 is 2.31 bits per heavy atom. The Kier molecular flexibility index (Phi) is 6.65. The molecule has 0 aromatic heterocycles. The van der Waals surface area contributed by atoms with Crippen LogP contribution in [0.3, 0.4) is 0 Å². The van der Waals surface area contributed by atoms with Crippen LogP contribution in [-0.4, -0.2) is 58.1 Å². The van der Waals surface area contributed by atoms with Crippen LogP contribution in [0.2, 0.25) is 0 Å². The number of rotatable bonds is 4. The average Bonchev–Trinajstić information content (AvgIpc) is 2.28. The first-order valence-electron chi connectivity index (χ1n) is 5.42. The molecular weight excluding hydrogens is 338 g/mol. The van der Waals surface area contributed by atoms with Crippen LogP contribution in [0.4, 0.5) is 4.79 Å². The van der Waals surface area contributed by atoms with Crippen LogP contribution in [0.1, 0.15) is 12.8 Å². The largest absolute Gasteiger partial charge is 0.394 e. The molecule has 0 bridgehead atoms. The van der Waals surface area contributed by atoms with Gasteiger partial charge < -0.3 is 13.3 Å². The average molecular weight is 354 g/mol. The number of hydrogen-bond donors (Lipinski definition) is 1. The summed E-state index contributed by atoms with van der Waals surface area (Å²) in [7, 11) is 0. The molecule has 0 saturated carbocycles. The van der Waals surface area contributed by atoms with Crippen LogP contribution in [0.5, 0.6) is 0 Å². The first-order chi connectivity index (χ1) is 7.63. The number of halogens is 1. The van der Waals surface area contributed by atoms with Gasteiger partial charge in [-0.3, -0.25) is 9.59 Å². The molecule has 90 valence electrons. The van der Waals surface area contributed by atoms with Crippen molar-refractivity contribution in [2.45, 2.75) is 12.8 Å². The number of piperidine rings is 1. The molecule has 0 aliphatic carbocycles. The van der Waals surface area contributed by atoms with Crippen molar-refractivity contribution in [2.24, 2.45) is 5.92 Å². The molecule has 1 atom stereocenters. The number of amides is 1. The highest BCUT2D eigenvalue weighted by molar-refractivity contribution is 14.1. The lowest BCUT2D eigenvalue weighted by atomic mass is 9.98. The van der Waals surface area contributed by atoms with E-state index in [4.69, 9.17) is 3.07 Å². The lowest BCUT2D eigenvalue weighted by Crippen LogP contribution is -2.42. The van der Waals surface area contributed by atoms with Crippen LogP contribution < -0.4 is 5.32 Å². The minimum atomic E-state index is -0.128. The molecule has 1 fully saturated rings. The summed E-state index contributed by atoms with van der Waals surface area (Å²) in [5.74, 6) is -0.130. The second kappa shape index (κ2) is 7.48. The molecule has 1 unspecified atom stereocenters. The van der Waals surface area contributed by atoms with Crippen molar-refractivity contribution in [3.8, 4) is 0 Å². The summed E-state index contributed by atoms with van der Waals surface area (Å²) in [5.41, 5.74) is 0. The highest BCUT2D eigenvalue weighted by Gasteiger charge is 2.26. The zero-order valence-electron chi connectivity index (χ0n) is 9.37. The molecule has 1 amide bonds. The van der Waals surface area contributed by atoms with Gasteiger partial charge >= 0.3 is 22.3 Å². The van der Waals surface area contributed by atoms with Gasteiger partial charge in [-0.05, 0) is 19.4 Å². The van der Waals surface area contributed by atoms with E-state index in [9.17, 15) is 9.59 Å². The summed E-state index contributed by atoms with van der Waals surface area (Å²) in [6.45, 7) is 3.24. The summed E-state index contributed by atoms with van der Waals surface area (Å²) < 4.78 is 4.85. The summed E-state index contributed by atoms with van der Waals surface area (Å²) in [5, 5.41) is 2.81.